The van der Waals surface area contributed by atoms with Gasteiger partial charge in [0, 0.05) is 29.5 Å². The Kier molecular flexibility index (Phi) is 5.59. The number of ether oxygens (including phenoxy) is 1. The molecule has 3 aliphatic heterocycles. The molecule has 6 rings (SSSR count). The van der Waals surface area contributed by atoms with E-state index in [0.717, 1.165) is 21.6 Å². The van der Waals surface area contributed by atoms with Crippen molar-refractivity contribution < 1.29 is 18.4 Å². The van der Waals surface area contributed by atoms with E-state index in [1.54, 1.807) is 33.6 Å². The van der Waals surface area contributed by atoms with Crippen LogP contribution in [0.2, 0.25) is 0 Å². The Labute approximate surface area is 208 Å². The summed E-state index contributed by atoms with van der Waals surface area (Å²) in [5.74, 6) is 0.0154. The number of hydrogen-bond acceptors (Lipinski definition) is 6. The average Bonchev–Trinajstić information content (AvgIpc) is 3.01. The Morgan fingerprint density at radius 2 is 1.97 bits per heavy atom. The van der Waals surface area contributed by atoms with Crippen LogP contribution < -0.4 is 15.0 Å². The number of nitrogens with zero attached hydrogens (tertiary/aromatic N) is 3. The number of aromatic nitrogens is 1. The van der Waals surface area contributed by atoms with E-state index in [4.69, 9.17) is 9.26 Å². The van der Waals surface area contributed by atoms with Crippen molar-refractivity contribution in [1.82, 2.24) is 9.58 Å². The van der Waals surface area contributed by atoms with Gasteiger partial charge >= 0.3 is 0 Å². The van der Waals surface area contributed by atoms with Crippen molar-refractivity contribution in [2.24, 2.45) is 0 Å². The lowest BCUT2D eigenvalue weighted by atomic mass is 9.93. The van der Waals surface area contributed by atoms with Crippen molar-refractivity contribution in [3.63, 3.8) is 0 Å². The summed E-state index contributed by atoms with van der Waals surface area (Å²) in [5.41, 5.74) is 2.65. The number of thioether (sulfide) groups is 1. The molecule has 1 saturated heterocycles. The summed E-state index contributed by atoms with van der Waals surface area (Å²) < 4.78 is 27.4. The number of rotatable bonds is 2. The van der Waals surface area contributed by atoms with Gasteiger partial charge in [-0.3, -0.25) is 19.3 Å². The minimum absolute atomic E-state index is 0.0271. The molecule has 1 fully saturated rings. The van der Waals surface area contributed by atoms with Crippen molar-refractivity contribution >= 4 is 27.1 Å². The fraction of sp³-hybridized carbons (Fsp3) is 0.280. The normalized spacial score (nSPS) is 23.1. The third-order valence-electron chi connectivity index (χ3n) is 6.77. The molecule has 35 heavy (non-hydrogen) atoms. The first-order chi connectivity index (χ1) is 17.0. The molecule has 4 atom stereocenters. The van der Waals surface area contributed by atoms with Crippen LogP contribution in [0.5, 0.6) is 5.75 Å². The fourth-order valence-corrected chi connectivity index (χ4v) is 6.54. The molecule has 2 aromatic carbocycles. The van der Waals surface area contributed by atoms with Crippen molar-refractivity contribution in [2.75, 3.05) is 18.2 Å². The number of benzene rings is 2. The van der Waals surface area contributed by atoms with Gasteiger partial charge in [0.1, 0.15) is 12.0 Å². The number of carbonyl (C=O) groups excluding carboxylic acids is 1. The third-order valence-corrected chi connectivity index (χ3v) is 8.15. The molecule has 0 radical (unpaired) electrons. The lowest BCUT2D eigenvalue weighted by Crippen LogP contribution is -2.67. The van der Waals surface area contributed by atoms with E-state index in [2.05, 4.69) is 26.6 Å². The summed E-state index contributed by atoms with van der Waals surface area (Å²) in [4.78, 5) is 29.2. The van der Waals surface area contributed by atoms with Crippen molar-refractivity contribution in [3.05, 3.63) is 93.2 Å². The minimum Gasteiger partial charge on any atom is -0.474 e. The van der Waals surface area contributed by atoms with Crippen LogP contribution in [0.15, 0.2) is 64.4 Å². The Bertz CT molecular complexity index is 1400. The van der Waals surface area contributed by atoms with Gasteiger partial charge in [-0.25, -0.2) is 4.39 Å². The van der Waals surface area contributed by atoms with Gasteiger partial charge < -0.3 is 14.2 Å². The number of morpholine rings is 1. The highest BCUT2D eigenvalue weighted by Crippen LogP contribution is 2.44. The molecule has 0 saturated carbocycles. The van der Waals surface area contributed by atoms with Crippen LogP contribution in [0.1, 0.15) is 40.1 Å². The Morgan fingerprint density at radius 3 is 2.80 bits per heavy atom. The van der Waals surface area contributed by atoms with Gasteiger partial charge in [-0.15, -0.1) is 11.8 Å². The maximum Gasteiger partial charge on any atom is 0.278 e. The number of amides is 1. The molecule has 1 unspecified atom stereocenters. The summed E-state index contributed by atoms with van der Waals surface area (Å²) in [6.45, 7) is 2.58. The number of halogens is 1. The quantitative estimate of drug-likeness (QED) is 0.489. The van der Waals surface area contributed by atoms with Crippen LogP contribution in [0.3, 0.4) is 0 Å². The van der Waals surface area contributed by atoms with Crippen LogP contribution in [-0.4, -0.2) is 40.9 Å². The van der Waals surface area contributed by atoms with Gasteiger partial charge in [0.2, 0.25) is 11.2 Å². The predicted octanol–water partition coefficient (Wildman–Crippen LogP) is 3.69. The molecule has 1 aromatic heterocycles. The van der Waals surface area contributed by atoms with Gasteiger partial charge in [0.05, 0.1) is 28.2 Å². The zero-order valence-corrected chi connectivity index (χ0v) is 20.9. The molecular formula is C25H23FN3O4PS. The molecule has 3 aliphatic rings. The molecule has 3 aromatic rings. The topological polar surface area (TPSA) is 64.0 Å². The summed E-state index contributed by atoms with van der Waals surface area (Å²) >= 11 is 1.66. The van der Waals surface area contributed by atoms with Gasteiger partial charge in [0.15, 0.2) is 5.69 Å². The van der Waals surface area contributed by atoms with Gasteiger partial charge in [-0.2, -0.15) is 0 Å². The Morgan fingerprint density at radius 1 is 1.14 bits per heavy atom. The van der Waals surface area contributed by atoms with Crippen LogP contribution in [-0.2, 0) is 10.5 Å². The smallest absolute Gasteiger partial charge is 0.278 e. The summed E-state index contributed by atoms with van der Waals surface area (Å²) in [7, 11) is 2.08. The second-order valence-corrected chi connectivity index (χ2v) is 10.1. The molecule has 4 heterocycles. The van der Waals surface area contributed by atoms with E-state index in [9.17, 15) is 14.0 Å². The van der Waals surface area contributed by atoms with Crippen LogP contribution in [0, 0.1) is 5.82 Å². The second-order valence-electron chi connectivity index (χ2n) is 8.85. The molecule has 1 amide bonds. The molecule has 180 valence electrons. The van der Waals surface area contributed by atoms with Crippen LogP contribution in [0.25, 0.3) is 0 Å². The molecule has 0 spiro atoms. The average molecular weight is 512 g/mol. The molecule has 0 bridgehead atoms. The Hall–Kier alpha value is -2.87. The van der Waals surface area contributed by atoms with Gasteiger partial charge in [-0.1, -0.05) is 24.3 Å². The Balaban J connectivity index is 1.65. The van der Waals surface area contributed by atoms with Crippen molar-refractivity contribution in [3.8, 4) is 5.75 Å². The van der Waals surface area contributed by atoms with E-state index in [-0.39, 0.29) is 47.3 Å². The third kappa shape index (κ3) is 3.56. The lowest BCUT2D eigenvalue weighted by molar-refractivity contribution is -0.0575. The highest BCUT2D eigenvalue weighted by Gasteiger charge is 2.47. The van der Waals surface area contributed by atoms with Gasteiger partial charge in [0.25, 0.3) is 5.91 Å². The fourth-order valence-electron chi connectivity index (χ4n) is 5.23. The van der Waals surface area contributed by atoms with E-state index in [1.807, 2.05) is 25.1 Å². The monoisotopic (exact) mass is 511 g/mol. The zero-order chi connectivity index (χ0) is 24.3. The lowest BCUT2D eigenvalue weighted by Gasteiger charge is -2.52. The number of carbonyl (C=O) groups is 1. The standard InChI is InChI=1S/C25H23FN3O4PS/c1-14-11-27-21(12-32-14)29(28-9-8-19(30)24(33-34)23(28)25(27)31)22-17-7-6-16(26)10-15(17)13-35-20-5-3-2-4-18(20)22/h2-10,14,21-22H,11-13,34H2,1H3/t14-,21+,22-/m0/s1. The van der Waals surface area contributed by atoms with E-state index < -0.39 is 6.17 Å². The molecular weight excluding hydrogens is 488 g/mol. The van der Waals surface area contributed by atoms with Crippen LogP contribution in [0.4, 0.5) is 4.39 Å². The summed E-state index contributed by atoms with van der Waals surface area (Å²) in [5, 5.41) is 2.07. The van der Waals surface area contributed by atoms with Crippen molar-refractivity contribution in [1.29, 1.82) is 0 Å². The van der Waals surface area contributed by atoms with Gasteiger partial charge in [-0.05, 0) is 41.8 Å². The first-order valence-electron chi connectivity index (χ1n) is 11.3. The van der Waals surface area contributed by atoms with Crippen LogP contribution >= 0.6 is 21.2 Å². The van der Waals surface area contributed by atoms with E-state index in [0.29, 0.717) is 12.3 Å². The van der Waals surface area contributed by atoms with E-state index >= 15 is 0 Å². The predicted molar refractivity (Wildman–Crippen MR) is 134 cm³/mol. The first-order valence-corrected chi connectivity index (χ1v) is 12.8. The molecule has 7 nitrogen and oxygen atoms in total. The highest BCUT2D eigenvalue weighted by molar-refractivity contribution is 7.98. The first kappa shape index (κ1) is 22.6. The summed E-state index contributed by atoms with van der Waals surface area (Å²) in [6, 6.07) is 14.0. The maximum atomic E-state index is 14.3. The second kappa shape index (κ2) is 8.66. The summed E-state index contributed by atoms with van der Waals surface area (Å²) in [6.07, 6.45) is 1.02. The molecule has 0 N–H and O–H groups in total. The number of hydrogen-bond donors (Lipinski definition) is 0. The maximum absolute atomic E-state index is 14.3. The SMILES string of the molecule is C[C@H]1CN2C(=O)c3c(OP)c(=O)ccn3N([C@H]3c4ccc(F)cc4CSc4ccccc43)[C@@H]2CO1. The number of fused-ring (bicyclic) bond motifs is 4. The highest BCUT2D eigenvalue weighted by atomic mass is 32.2. The minimum atomic E-state index is -0.440. The number of pyridine rings is 1. The largest absolute Gasteiger partial charge is 0.474 e. The molecule has 0 aliphatic carbocycles. The van der Waals surface area contributed by atoms with E-state index in [1.165, 1.54) is 12.1 Å². The van der Waals surface area contributed by atoms with Crippen molar-refractivity contribution in [2.45, 2.75) is 35.9 Å². The zero-order valence-electron chi connectivity index (χ0n) is 18.9. The molecule has 10 heteroatoms.